The number of hydrogen-bond acceptors (Lipinski definition) is 5. The minimum atomic E-state index is -4.83. The molecule has 0 spiro atoms. The molecule has 1 saturated heterocycles. The van der Waals surface area contributed by atoms with E-state index in [2.05, 4.69) is 10.4 Å². The maximum atomic E-state index is 13.3. The molecule has 1 fully saturated rings. The van der Waals surface area contributed by atoms with Gasteiger partial charge in [-0.2, -0.15) is 36.7 Å². The van der Waals surface area contributed by atoms with Crippen LogP contribution in [0.3, 0.4) is 0 Å². The molecule has 13 heteroatoms. The molecule has 7 nitrogen and oxygen atoms in total. The molecule has 0 bridgehead atoms. The maximum Gasteiger partial charge on any atom is 0.435 e. The molecule has 1 aromatic heterocycles. The highest BCUT2D eigenvalue weighted by molar-refractivity contribution is 6.03. The van der Waals surface area contributed by atoms with Gasteiger partial charge in [-0.05, 0) is 42.5 Å². The molecule has 36 heavy (non-hydrogen) atoms. The summed E-state index contributed by atoms with van der Waals surface area (Å²) in [5.74, 6) is -0.937. The van der Waals surface area contributed by atoms with Gasteiger partial charge < -0.3 is 15.0 Å². The number of amides is 1. The van der Waals surface area contributed by atoms with Gasteiger partial charge in [-0.3, -0.25) is 4.79 Å². The van der Waals surface area contributed by atoms with Crippen molar-refractivity contribution in [3.8, 4) is 11.8 Å². The zero-order valence-corrected chi connectivity index (χ0v) is 18.3. The molecular formula is C23H17F6N5O2. The molecule has 1 atom stereocenters. The molecule has 0 saturated carbocycles. The molecule has 2 aromatic carbocycles. The van der Waals surface area contributed by atoms with Crippen molar-refractivity contribution in [3.05, 3.63) is 71.5 Å². The zero-order valence-electron chi connectivity index (χ0n) is 18.3. The van der Waals surface area contributed by atoms with Gasteiger partial charge in [-0.15, -0.1) is 0 Å². The summed E-state index contributed by atoms with van der Waals surface area (Å²) >= 11 is 0. The third kappa shape index (κ3) is 5.28. The monoisotopic (exact) mass is 509 g/mol. The minimum Gasteiger partial charge on any atom is -0.377 e. The summed E-state index contributed by atoms with van der Waals surface area (Å²) < 4.78 is 85.7. The quantitative estimate of drug-likeness (QED) is 0.512. The van der Waals surface area contributed by atoms with Gasteiger partial charge in [0.05, 0.1) is 30.5 Å². The largest absolute Gasteiger partial charge is 0.435 e. The minimum absolute atomic E-state index is 0.0110. The van der Waals surface area contributed by atoms with Crippen molar-refractivity contribution in [2.75, 3.05) is 30.0 Å². The number of nitrogens with one attached hydrogen (secondary N) is 1. The highest BCUT2D eigenvalue weighted by Gasteiger charge is 2.45. The Morgan fingerprint density at radius 2 is 1.78 bits per heavy atom. The first-order chi connectivity index (χ1) is 17.0. The van der Waals surface area contributed by atoms with Crippen LogP contribution in [0.25, 0.3) is 5.69 Å². The van der Waals surface area contributed by atoms with E-state index in [0.717, 1.165) is 9.58 Å². The Labute approximate surface area is 200 Å². The number of carbonyl (C=O) groups is 1. The molecule has 0 radical (unpaired) electrons. The number of aromatic nitrogens is 2. The van der Waals surface area contributed by atoms with Gasteiger partial charge in [0.2, 0.25) is 0 Å². The van der Waals surface area contributed by atoms with E-state index in [1.54, 1.807) is 0 Å². The molecule has 0 aliphatic carbocycles. The van der Waals surface area contributed by atoms with Crippen molar-refractivity contribution in [2.24, 2.45) is 0 Å². The lowest BCUT2D eigenvalue weighted by Gasteiger charge is -2.38. The van der Waals surface area contributed by atoms with Crippen molar-refractivity contribution < 1.29 is 35.9 Å². The van der Waals surface area contributed by atoms with Gasteiger partial charge >= 0.3 is 12.4 Å². The van der Waals surface area contributed by atoms with Gasteiger partial charge in [-0.25, -0.2) is 4.68 Å². The van der Waals surface area contributed by atoms with Crippen molar-refractivity contribution >= 4 is 17.3 Å². The Morgan fingerprint density at radius 3 is 2.42 bits per heavy atom. The Morgan fingerprint density at radius 1 is 1.06 bits per heavy atom. The summed E-state index contributed by atoms with van der Waals surface area (Å²) in [7, 11) is 0. The molecule has 1 unspecified atom stereocenters. The van der Waals surface area contributed by atoms with Crippen LogP contribution in [0.4, 0.5) is 37.7 Å². The molecule has 4 rings (SSSR count). The first kappa shape index (κ1) is 25.1. The summed E-state index contributed by atoms with van der Waals surface area (Å²) in [6, 6.07) is 11.6. The second kappa shape index (κ2) is 9.54. The second-order valence-corrected chi connectivity index (χ2v) is 7.81. The van der Waals surface area contributed by atoms with Crippen molar-refractivity contribution in [2.45, 2.75) is 18.4 Å². The number of carbonyl (C=O) groups excluding carboxylic acids is 1. The van der Waals surface area contributed by atoms with Crippen LogP contribution in [0.2, 0.25) is 0 Å². The standard InChI is InChI=1S/C23H17F6N5O2/c24-22(25,26)19-11-18(34(32-19)17-3-1-2-14(10-17)12-30)21(35)31-15-4-6-16(7-5-15)33-8-9-36-13-20(33)23(27,28)29/h1-7,10-11,20H,8-9,13H2,(H,31,35). The summed E-state index contributed by atoms with van der Waals surface area (Å²) in [5.41, 5.74) is -1.15. The SMILES string of the molecule is N#Cc1cccc(-n2nc(C(F)(F)F)cc2C(=O)Nc2ccc(N3CCOCC3C(F)(F)F)cc2)c1. The van der Waals surface area contributed by atoms with E-state index in [9.17, 15) is 31.1 Å². The van der Waals surface area contributed by atoms with Gasteiger partial charge in [0.1, 0.15) is 11.7 Å². The number of alkyl halides is 6. The van der Waals surface area contributed by atoms with E-state index >= 15 is 0 Å². The second-order valence-electron chi connectivity index (χ2n) is 7.81. The number of nitriles is 1. The predicted molar refractivity (Wildman–Crippen MR) is 116 cm³/mol. The number of hydrogen-bond donors (Lipinski definition) is 1. The van der Waals surface area contributed by atoms with E-state index in [1.807, 2.05) is 6.07 Å². The van der Waals surface area contributed by atoms with Gasteiger partial charge in [0.25, 0.3) is 5.91 Å². The van der Waals surface area contributed by atoms with Crippen molar-refractivity contribution in [3.63, 3.8) is 0 Å². The molecule has 1 aliphatic rings. The van der Waals surface area contributed by atoms with Crippen LogP contribution >= 0.6 is 0 Å². The van der Waals surface area contributed by atoms with Gasteiger partial charge in [0, 0.05) is 24.0 Å². The molecule has 1 aliphatic heterocycles. The summed E-state index contributed by atoms with van der Waals surface area (Å²) in [6.45, 7) is -0.388. The molecule has 3 aromatic rings. The lowest BCUT2D eigenvalue weighted by molar-refractivity contribution is -0.167. The fraction of sp³-hybridized carbons (Fsp3) is 0.261. The third-order valence-electron chi connectivity index (χ3n) is 5.42. The van der Waals surface area contributed by atoms with Gasteiger partial charge in [0.15, 0.2) is 5.69 Å². The van der Waals surface area contributed by atoms with Crippen LogP contribution in [0.1, 0.15) is 21.7 Å². The Balaban J connectivity index is 1.60. The van der Waals surface area contributed by atoms with Crippen molar-refractivity contribution in [1.29, 1.82) is 5.26 Å². The lowest BCUT2D eigenvalue weighted by Crippen LogP contribution is -2.53. The molecule has 1 N–H and O–H groups in total. The van der Waals surface area contributed by atoms with E-state index in [0.29, 0.717) is 6.07 Å². The average Bonchev–Trinajstić information content (AvgIpc) is 3.31. The summed E-state index contributed by atoms with van der Waals surface area (Å²) in [5, 5.41) is 15.0. The van der Waals surface area contributed by atoms with Crippen molar-refractivity contribution in [1.82, 2.24) is 9.78 Å². The number of ether oxygens (including phenoxy) is 1. The molecule has 2 heterocycles. The van der Waals surface area contributed by atoms with Crippen LogP contribution < -0.4 is 10.2 Å². The summed E-state index contributed by atoms with van der Waals surface area (Å²) in [4.78, 5) is 14.0. The normalized spacial score (nSPS) is 16.5. The zero-order chi connectivity index (χ0) is 26.1. The Bertz CT molecular complexity index is 1290. The van der Waals surface area contributed by atoms with E-state index < -0.39 is 42.3 Å². The van der Waals surface area contributed by atoms with Gasteiger partial charge in [-0.1, -0.05) is 6.07 Å². The first-order valence-electron chi connectivity index (χ1n) is 10.5. The number of nitrogens with zero attached hydrogens (tertiary/aromatic N) is 4. The lowest BCUT2D eigenvalue weighted by atomic mass is 10.1. The van der Waals surface area contributed by atoms with E-state index in [4.69, 9.17) is 10.00 Å². The fourth-order valence-corrected chi connectivity index (χ4v) is 3.70. The van der Waals surface area contributed by atoms with Crippen LogP contribution in [-0.4, -0.2) is 47.7 Å². The first-order valence-corrected chi connectivity index (χ1v) is 10.5. The average molecular weight is 509 g/mol. The third-order valence-corrected chi connectivity index (χ3v) is 5.42. The van der Waals surface area contributed by atoms with E-state index in [1.165, 1.54) is 48.5 Å². The Hall–Kier alpha value is -4.05. The summed E-state index contributed by atoms with van der Waals surface area (Å²) in [6.07, 6.45) is -9.34. The van der Waals surface area contributed by atoms with Crippen LogP contribution in [-0.2, 0) is 10.9 Å². The fourth-order valence-electron chi connectivity index (χ4n) is 3.70. The number of anilines is 2. The number of halogens is 6. The molecule has 1 amide bonds. The smallest absolute Gasteiger partial charge is 0.377 e. The van der Waals surface area contributed by atoms with Crippen LogP contribution in [0.5, 0.6) is 0 Å². The van der Waals surface area contributed by atoms with Crippen LogP contribution in [0, 0.1) is 11.3 Å². The maximum absolute atomic E-state index is 13.3. The highest BCUT2D eigenvalue weighted by atomic mass is 19.4. The van der Waals surface area contributed by atoms with E-state index in [-0.39, 0.29) is 35.8 Å². The topological polar surface area (TPSA) is 83.2 Å². The molecule has 188 valence electrons. The van der Waals surface area contributed by atoms with Crippen LogP contribution in [0.15, 0.2) is 54.6 Å². The predicted octanol–water partition coefficient (Wildman–Crippen LogP) is 4.78. The Kier molecular flexibility index (Phi) is 6.64. The molecular weight excluding hydrogens is 492 g/mol. The number of morpholine rings is 1. The number of benzene rings is 2. The highest BCUT2D eigenvalue weighted by Crippen LogP contribution is 2.32. The number of rotatable bonds is 4.